The number of rotatable bonds is 7. The van der Waals surface area contributed by atoms with E-state index < -0.39 is 0 Å². The highest BCUT2D eigenvalue weighted by Gasteiger charge is 2.21. The third-order valence-electron chi connectivity index (χ3n) is 2.98. The molecule has 0 bridgehead atoms. The summed E-state index contributed by atoms with van der Waals surface area (Å²) in [5.74, 6) is 2.39. The lowest BCUT2D eigenvalue weighted by Gasteiger charge is -2.10. The van der Waals surface area contributed by atoms with Crippen molar-refractivity contribution in [3.05, 3.63) is 35.6 Å². The molecule has 1 aromatic rings. The smallest absolute Gasteiger partial charge is 0.191 e. The zero-order valence-electron chi connectivity index (χ0n) is 12.3. The molecule has 0 spiro atoms. The van der Waals surface area contributed by atoms with Gasteiger partial charge in [0.05, 0.1) is 6.54 Å². The summed E-state index contributed by atoms with van der Waals surface area (Å²) >= 11 is 1.71. The van der Waals surface area contributed by atoms with E-state index in [1.807, 2.05) is 12.1 Å². The lowest BCUT2D eigenvalue weighted by molar-refractivity contribution is 0.617. The normalized spacial score (nSPS) is 14.5. The van der Waals surface area contributed by atoms with Crippen LogP contribution in [0, 0.1) is 5.82 Å². The second-order valence-electron chi connectivity index (χ2n) is 4.82. The maximum atomic E-state index is 13.4. The van der Waals surface area contributed by atoms with Crippen LogP contribution < -0.4 is 10.6 Å². The molecule has 118 valence electrons. The summed E-state index contributed by atoms with van der Waals surface area (Å²) in [6.07, 6.45) is 2.49. The lowest BCUT2D eigenvalue weighted by Crippen LogP contribution is -2.38. The molecule has 0 atom stereocenters. The monoisotopic (exact) mass is 423 g/mol. The Bertz CT molecular complexity index is 452. The number of hydrogen-bond acceptors (Lipinski definition) is 2. The van der Waals surface area contributed by atoms with Crippen molar-refractivity contribution in [2.45, 2.75) is 31.6 Å². The van der Waals surface area contributed by atoms with Crippen molar-refractivity contribution >= 4 is 41.7 Å². The summed E-state index contributed by atoms with van der Waals surface area (Å²) in [6, 6.07) is 7.56. The van der Waals surface area contributed by atoms with Crippen molar-refractivity contribution in [2.75, 3.05) is 18.8 Å². The number of benzene rings is 1. The van der Waals surface area contributed by atoms with E-state index in [2.05, 4.69) is 22.5 Å². The molecule has 1 aliphatic rings. The van der Waals surface area contributed by atoms with Crippen LogP contribution in [0.2, 0.25) is 0 Å². The summed E-state index contributed by atoms with van der Waals surface area (Å²) in [7, 11) is 0. The van der Waals surface area contributed by atoms with Gasteiger partial charge in [0.25, 0.3) is 0 Å². The maximum Gasteiger partial charge on any atom is 0.191 e. The molecule has 0 aliphatic heterocycles. The number of thioether (sulfide) groups is 1. The van der Waals surface area contributed by atoms with Crippen LogP contribution in [-0.2, 0) is 5.75 Å². The Morgan fingerprint density at radius 1 is 1.38 bits per heavy atom. The van der Waals surface area contributed by atoms with E-state index in [-0.39, 0.29) is 29.8 Å². The van der Waals surface area contributed by atoms with Crippen LogP contribution in [0.25, 0.3) is 0 Å². The fourth-order valence-electron chi connectivity index (χ4n) is 1.76. The predicted octanol–water partition coefficient (Wildman–Crippen LogP) is 3.39. The molecule has 6 heteroatoms. The number of nitrogens with zero attached hydrogens (tertiary/aromatic N) is 1. The van der Waals surface area contributed by atoms with E-state index in [0.717, 1.165) is 30.4 Å². The third kappa shape index (κ3) is 7.35. The summed E-state index contributed by atoms with van der Waals surface area (Å²) in [5, 5.41) is 6.62. The van der Waals surface area contributed by atoms with E-state index in [1.54, 1.807) is 17.8 Å². The standard InChI is InChI=1S/C15H22FN3S.HI/c1-2-17-15(19-13-7-8-13)18-9-10-20-11-12-5-3-4-6-14(12)16;/h3-6,13H,2,7-11H2,1H3,(H2,17,18,19);1H. The topological polar surface area (TPSA) is 36.4 Å². The molecule has 21 heavy (non-hydrogen) atoms. The van der Waals surface area contributed by atoms with E-state index in [1.165, 1.54) is 18.9 Å². The molecule has 0 radical (unpaired) electrons. The first-order valence-electron chi connectivity index (χ1n) is 7.15. The van der Waals surface area contributed by atoms with Crippen LogP contribution in [0.4, 0.5) is 4.39 Å². The minimum atomic E-state index is -0.118. The number of halogens is 2. The maximum absolute atomic E-state index is 13.4. The fourth-order valence-corrected chi connectivity index (χ4v) is 2.58. The van der Waals surface area contributed by atoms with Crippen molar-refractivity contribution in [3.63, 3.8) is 0 Å². The fraction of sp³-hybridized carbons (Fsp3) is 0.533. The minimum absolute atomic E-state index is 0. The van der Waals surface area contributed by atoms with Crippen molar-refractivity contribution in [1.82, 2.24) is 10.6 Å². The Hall–Kier alpha value is -0.500. The Morgan fingerprint density at radius 3 is 2.81 bits per heavy atom. The van der Waals surface area contributed by atoms with Crippen molar-refractivity contribution in [2.24, 2.45) is 4.99 Å². The molecular formula is C15H23FIN3S. The first-order valence-corrected chi connectivity index (χ1v) is 8.31. The Labute approximate surface area is 147 Å². The second-order valence-corrected chi connectivity index (χ2v) is 5.93. The van der Waals surface area contributed by atoms with Gasteiger partial charge in [0.1, 0.15) is 5.82 Å². The first kappa shape index (κ1) is 18.5. The number of guanidine groups is 1. The molecule has 0 heterocycles. The third-order valence-corrected chi connectivity index (χ3v) is 3.97. The molecule has 0 unspecified atom stereocenters. The number of aliphatic imine (C=N–C) groups is 1. The highest BCUT2D eigenvalue weighted by Crippen LogP contribution is 2.18. The predicted molar refractivity (Wildman–Crippen MR) is 100 cm³/mol. The Balaban J connectivity index is 0.00000220. The SMILES string of the molecule is CCNC(=NCCSCc1ccccc1F)NC1CC1.I. The van der Waals surface area contributed by atoms with Gasteiger partial charge in [0.2, 0.25) is 0 Å². The van der Waals surface area contributed by atoms with Gasteiger partial charge >= 0.3 is 0 Å². The van der Waals surface area contributed by atoms with Gasteiger partial charge in [-0.1, -0.05) is 18.2 Å². The summed E-state index contributed by atoms with van der Waals surface area (Å²) in [4.78, 5) is 4.53. The van der Waals surface area contributed by atoms with Gasteiger partial charge < -0.3 is 10.6 Å². The molecule has 0 aromatic heterocycles. The van der Waals surface area contributed by atoms with Crippen molar-refractivity contribution in [3.8, 4) is 0 Å². The van der Waals surface area contributed by atoms with Gasteiger partial charge in [0, 0.05) is 24.1 Å². The van der Waals surface area contributed by atoms with Crippen LogP contribution in [0.1, 0.15) is 25.3 Å². The Morgan fingerprint density at radius 2 is 2.14 bits per heavy atom. The highest BCUT2D eigenvalue weighted by atomic mass is 127. The van der Waals surface area contributed by atoms with Crippen LogP contribution in [0.15, 0.2) is 29.3 Å². The summed E-state index contributed by atoms with van der Waals surface area (Å²) in [5.41, 5.74) is 0.768. The van der Waals surface area contributed by atoms with Gasteiger partial charge in [-0.15, -0.1) is 24.0 Å². The summed E-state index contributed by atoms with van der Waals surface area (Å²) in [6.45, 7) is 3.69. The molecule has 0 saturated heterocycles. The zero-order chi connectivity index (χ0) is 14.2. The van der Waals surface area contributed by atoms with Gasteiger partial charge in [-0.2, -0.15) is 11.8 Å². The molecule has 1 fully saturated rings. The molecule has 1 aromatic carbocycles. The molecule has 3 nitrogen and oxygen atoms in total. The number of nitrogens with one attached hydrogen (secondary N) is 2. The van der Waals surface area contributed by atoms with E-state index in [0.29, 0.717) is 11.8 Å². The Kier molecular flexibility index (Phi) is 9.07. The molecule has 2 rings (SSSR count). The first-order chi connectivity index (χ1) is 9.79. The van der Waals surface area contributed by atoms with E-state index in [4.69, 9.17) is 0 Å². The second kappa shape index (κ2) is 10.3. The average Bonchev–Trinajstić information content (AvgIpc) is 3.24. The van der Waals surface area contributed by atoms with Gasteiger partial charge in [-0.3, -0.25) is 4.99 Å². The largest absolute Gasteiger partial charge is 0.357 e. The minimum Gasteiger partial charge on any atom is -0.357 e. The van der Waals surface area contributed by atoms with Crippen molar-refractivity contribution in [1.29, 1.82) is 0 Å². The van der Waals surface area contributed by atoms with Crippen LogP contribution in [0.3, 0.4) is 0 Å². The van der Waals surface area contributed by atoms with E-state index >= 15 is 0 Å². The van der Waals surface area contributed by atoms with Gasteiger partial charge in [-0.25, -0.2) is 4.39 Å². The van der Waals surface area contributed by atoms with Crippen LogP contribution in [-0.4, -0.2) is 30.8 Å². The molecule has 1 aliphatic carbocycles. The quantitative estimate of drug-likeness (QED) is 0.306. The molecule has 1 saturated carbocycles. The molecule has 0 amide bonds. The van der Waals surface area contributed by atoms with Gasteiger partial charge in [0.15, 0.2) is 5.96 Å². The van der Waals surface area contributed by atoms with Crippen LogP contribution in [0.5, 0.6) is 0 Å². The zero-order valence-corrected chi connectivity index (χ0v) is 15.4. The highest BCUT2D eigenvalue weighted by molar-refractivity contribution is 14.0. The van der Waals surface area contributed by atoms with E-state index in [9.17, 15) is 4.39 Å². The molecular weight excluding hydrogens is 400 g/mol. The van der Waals surface area contributed by atoms with Gasteiger partial charge in [-0.05, 0) is 31.4 Å². The average molecular weight is 423 g/mol. The van der Waals surface area contributed by atoms with Crippen LogP contribution >= 0.6 is 35.7 Å². The van der Waals surface area contributed by atoms with Crippen molar-refractivity contribution < 1.29 is 4.39 Å². The number of hydrogen-bond donors (Lipinski definition) is 2. The molecule has 2 N–H and O–H groups in total. The lowest BCUT2D eigenvalue weighted by atomic mass is 10.2. The summed E-state index contributed by atoms with van der Waals surface area (Å²) < 4.78 is 13.4.